The minimum absolute atomic E-state index is 0.710. The van der Waals surface area contributed by atoms with Gasteiger partial charge in [-0.3, -0.25) is 4.99 Å². The van der Waals surface area contributed by atoms with Gasteiger partial charge in [0, 0.05) is 39.5 Å². The van der Waals surface area contributed by atoms with Gasteiger partial charge in [-0.15, -0.1) is 0 Å². The standard InChI is InChI=1S/C18H32N4O/c1-15(2)6-5-11-21-18(19-3)22-14-16-7-9-17(10-8-16)20-12-13-23-4/h7-10,15,20H,5-6,11-14H2,1-4H3,(H2,19,21,22). The molecule has 0 unspecified atom stereocenters. The number of aliphatic imine (C=N–C) groups is 1. The summed E-state index contributed by atoms with van der Waals surface area (Å²) >= 11 is 0. The normalized spacial score (nSPS) is 11.6. The molecule has 0 radical (unpaired) electrons. The van der Waals surface area contributed by atoms with Crippen LogP contribution in [0.5, 0.6) is 0 Å². The lowest BCUT2D eigenvalue weighted by molar-refractivity contribution is 0.211. The van der Waals surface area contributed by atoms with Crippen molar-refractivity contribution < 1.29 is 4.74 Å². The molecule has 0 saturated carbocycles. The van der Waals surface area contributed by atoms with Crippen LogP contribution in [0, 0.1) is 5.92 Å². The number of hydrogen-bond donors (Lipinski definition) is 3. The molecule has 1 aromatic rings. The molecule has 3 N–H and O–H groups in total. The summed E-state index contributed by atoms with van der Waals surface area (Å²) in [5.74, 6) is 1.61. The van der Waals surface area contributed by atoms with Crippen molar-refractivity contribution in [3.05, 3.63) is 29.8 Å². The van der Waals surface area contributed by atoms with E-state index in [9.17, 15) is 0 Å². The summed E-state index contributed by atoms with van der Waals surface area (Å²) in [6.45, 7) is 7.76. The van der Waals surface area contributed by atoms with Gasteiger partial charge in [0.2, 0.25) is 0 Å². The van der Waals surface area contributed by atoms with E-state index in [1.807, 2.05) is 0 Å². The second-order valence-electron chi connectivity index (χ2n) is 6.01. The number of guanidine groups is 1. The van der Waals surface area contributed by atoms with Gasteiger partial charge in [0.1, 0.15) is 0 Å². The zero-order chi connectivity index (χ0) is 16.9. The van der Waals surface area contributed by atoms with Crippen LogP contribution in [0.2, 0.25) is 0 Å². The van der Waals surface area contributed by atoms with Crippen molar-refractivity contribution in [1.29, 1.82) is 0 Å². The number of nitrogens with zero attached hydrogens (tertiary/aromatic N) is 1. The number of methoxy groups -OCH3 is 1. The molecular weight excluding hydrogens is 288 g/mol. The highest BCUT2D eigenvalue weighted by molar-refractivity contribution is 5.79. The van der Waals surface area contributed by atoms with Crippen LogP contribution in [-0.4, -0.2) is 39.8 Å². The van der Waals surface area contributed by atoms with Crippen molar-refractivity contribution in [1.82, 2.24) is 10.6 Å². The van der Waals surface area contributed by atoms with Crippen LogP contribution in [0.1, 0.15) is 32.3 Å². The first kappa shape index (κ1) is 19.3. The fraction of sp³-hybridized carbons (Fsp3) is 0.611. The molecule has 0 saturated heterocycles. The lowest BCUT2D eigenvalue weighted by Crippen LogP contribution is -2.37. The van der Waals surface area contributed by atoms with E-state index in [1.54, 1.807) is 14.2 Å². The molecule has 1 aromatic carbocycles. The molecular formula is C18H32N4O. The number of ether oxygens (including phenoxy) is 1. The van der Waals surface area contributed by atoms with Gasteiger partial charge >= 0.3 is 0 Å². The molecule has 0 aliphatic carbocycles. The van der Waals surface area contributed by atoms with Crippen LogP contribution in [0.4, 0.5) is 5.69 Å². The number of anilines is 1. The molecule has 0 atom stereocenters. The van der Waals surface area contributed by atoms with E-state index in [0.29, 0.717) is 6.61 Å². The van der Waals surface area contributed by atoms with E-state index < -0.39 is 0 Å². The minimum atomic E-state index is 0.710. The molecule has 5 heteroatoms. The van der Waals surface area contributed by atoms with E-state index in [1.165, 1.54) is 18.4 Å². The molecule has 1 rings (SSSR count). The molecule has 0 aromatic heterocycles. The SMILES string of the molecule is CN=C(NCCCC(C)C)NCc1ccc(NCCOC)cc1. The lowest BCUT2D eigenvalue weighted by atomic mass is 10.1. The Morgan fingerprint density at radius 3 is 2.48 bits per heavy atom. The summed E-state index contributed by atoms with van der Waals surface area (Å²) < 4.78 is 5.03. The smallest absolute Gasteiger partial charge is 0.191 e. The molecule has 5 nitrogen and oxygen atoms in total. The molecule has 0 aliphatic heterocycles. The molecule has 0 fully saturated rings. The Morgan fingerprint density at radius 2 is 1.87 bits per heavy atom. The summed E-state index contributed by atoms with van der Waals surface area (Å²) in [6, 6.07) is 8.42. The third-order valence-corrected chi connectivity index (χ3v) is 3.52. The summed E-state index contributed by atoms with van der Waals surface area (Å²) in [5.41, 5.74) is 2.34. The second-order valence-corrected chi connectivity index (χ2v) is 6.01. The summed E-state index contributed by atoms with van der Waals surface area (Å²) in [6.07, 6.45) is 2.40. The Bertz CT molecular complexity index is 443. The van der Waals surface area contributed by atoms with Gasteiger partial charge < -0.3 is 20.7 Å². The Hall–Kier alpha value is -1.75. The predicted molar refractivity (Wildman–Crippen MR) is 99.1 cm³/mol. The maximum Gasteiger partial charge on any atom is 0.191 e. The van der Waals surface area contributed by atoms with Crippen molar-refractivity contribution in [2.24, 2.45) is 10.9 Å². The van der Waals surface area contributed by atoms with E-state index in [2.05, 4.69) is 59.1 Å². The minimum Gasteiger partial charge on any atom is -0.383 e. The van der Waals surface area contributed by atoms with Crippen molar-refractivity contribution >= 4 is 11.6 Å². The fourth-order valence-electron chi connectivity index (χ4n) is 2.16. The Labute approximate surface area is 140 Å². The highest BCUT2D eigenvalue weighted by atomic mass is 16.5. The quantitative estimate of drug-likeness (QED) is 0.352. The highest BCUT2D eigenvalue weighted by Gasteiger charge is 2.00. The Kier molecular flexibility index (Phi) is 9.87. The van der Waals surface area contributed by atoms with Crippen molar-refractivity contribution in [3.63, 3.8) is 0 Å². The van der Waals surface area contributed by atoms with Gasteiger partial charge in [-0.2, -0.15) is 0 Å². The number of rotatable bonds is 10. The second kappa shape index (κ2) is 11.8. The average Bonchev–Trinajstić information content (AvgIpc) is 2.55. The van der Waals surface area contributed by atoms with Crippen LogP contribution < -0.4 is 16.0 Å². The highest BCUT2D eigenvalue weighted by Crippen LogP contribution is 2.09. The first-order chi connectivity index (χ1) is 11.2. The fourth-order valence-corrected chi connectivity index (χ4v) is 2.16. The Morgan fingerprint density at radius 1 is 1.13 bits per heavy atom. The zero-order valence-corrected chi connectivity index (χ0v) is 15.0. The molecule has 130 valence electrons. The van der Waals surface area contributed by atoms with E-state index >= 15 is 0 Å². The van der Waals surface area contributed by atoms with Crippen LogP contribution >= 0.6 is 0 Å². The Balaban J connectivity index is 2.29. The first-order valence-corrected chi connectivity index (χ1v) is 8.42. The molecule has 0 heterocycles. The van der Waals surface area contributed by atoms with Gasteiger partial charge in [0.05, 0.1) is 6.61 Å². The van der Waals surface area contributed by atoms with Gasteiger partial charge in [-0.25, -0.2) is 0 Å². The van der Waals surface area contributed by atoms with Gasteiger partial charge in [-0.1, -0.05) is 26.0 Å². The molecule has 0 aliphatic rings. The number of benzene rings is 1. The largest absolute Gasteiger partial charge is 0.383 e. The van der Waals surface area contributed by atoms with E-state index in [4.69, 9.17) is 4.74 Å². The van der Waals surface area contributed by atoms with Crippen LogP contribution in [0.25, 0.3) is 0 Å². The first-order valence-electron chi connectivity index (χ1n) is 8.42. The summed E-state index contributed by atoms with van der Waals surface area (Å²) in [5, 5.41) is 10.0. The third kappa shape index (κ3) is 9.08. The molecule has 23 heavy (non-hydrogen) atoms. The lowest BCUT2D eigenvalue weighted by Gasteiger charge is -2.13. The van der Waals surface area contributed by atoms with Gasteiger partial charge in [0.25, 0.3) is 0 Å². The maximum absolute atomic E-state index is 5.03. The van der Waals surface area contributed by atoms with Gasteiger partial charge in [0.15, 0.2) is 5.96 Å². The predicted octanol–water partition coefficient (Wildman–Crippen LogP) is 2.85. The van der Waals surface area contributed by atoms with E-state index in [0.717, 1.165) is 37.2 Å². The molecule has 0 bridgehead atoms. The summed E-state index contributed by atoms with van der Waals surface area (Å²) in [4.78, 5) is 4.26. The van der Waals surface area contributed by atoms with Crippen molar-refractivity contribution in [2.75, 3.05) is 39.2 Å². The average molecular weight is 320 g/mol. The summed E-state index contributed by atoms with van der Waals surface area (Å²) in [7, 11) is 3.51. The van der Waals surface area contributed by atoms with E-state index in [-0.39, 0.29) is 0 Å². The maximum atomic E-state index is 5.03. The number of nitrogens with one attached hydrogen (secondary N) is 3. The topological polar surface area (TPSA) is 57.7 Å². The molecule has 0 spiro atoms. The van der Waals surface area contributed by atoms with Crippen LogP contribution in [0.3, 0.4) is 0 Å². The van der Waals surface area contributed by atoms with Crippen LogP contribution in [-0.2, 0) is 11.3 Å². The van der Waals surface area contributed by atoms with Crippen LogP contribution in [0.15, 0.2) is 29.3 Å². The molecule has 0 amide bonds. The zero-order valence-electron chi connectivity index (χ0n) is 15.0. The monoisotopic (exact) mass is 320 g/mol. The van der Waals surface area contributed by atoms with Crippen molar-refractivity contribution in [3.8, 4) is 0 Å². The number of hydrogen-bond acceptors (Lipinski definition) is 3. The van der Waals surface area contributed by atoms with Gasteiger partial charge in [-0.05, 0) is 36.5 Å². The van der Waals surface area contributed by atoms with Crippen molar-refractivity contribution in [2.45, 2.75) is 33.2 Å². The third-order valence-electron chi connectivity index (χ3n) is 3.52.